The molecule has 7 nitrogen and oxygen atoms in total. The first-order valence-corrected chi connectivity index (χ1v) is 14.9. The second kappa shape index (κ2) is 11.9. The standard InChI is InChI=1S/C30H31BrN2O5S/c1-30(2,3)24-12-8-21(9-13-24)26(27-19-28(38-33-27)22-10-14-25(31)15-11-22)18-20-4-6-23(7-5-20)29(34)32-16-17-39(35,36)37/h4-15,19,26H,16-18H2,1-3H3,(H,32,34)(H,35,36,37). The molecule has 2 N–H and O–H groups in total. The largest absolute Gasteiger partial charge is 0.356 e. The van der Waals surface area contributed by atoms with E-state index in [1.165, 1.54) is 5.56 Å². The van der Waals surface area contributed by atoms with Gasteiger partial charge in [0.25, 0.3) is 16.0 Å². The molecule has 1 amide bonds. The fraction of sp³-hybridized carbons (Fsp3) is 0.267. The van der Waals surface area contributed by atoms with Crippen molar-refractivity contribution < 1.29 is 22.3 Å². The van der Waals surface area contributed by atoms with Crippen LogP contribution in [0.5, 0.6) is 0 Å². The number of halogens is 1. The number of hydrogen-bond acceptors (Lipinski definition) is 5. The molecule has 0 saturated heterocycles. The third-order valence-corrected chi connectivity index (χ3v) is 7.74. The normalized spacial score (nSPS) is 12.7. The van der Waals surface area contributed by atoms with Gasteiger partial charge in [-0.25, -0.2) is 0 Å². The Morgan fingerprint density at radius 2 is 1.64 bits per heavy atom. The van der Waals surface area contributed by atoms with E-state index in [1.54, 1.807) is 12.1 Å². The molecule has 1 aromatic heterocycles. The molecule has 0 saturated carbocycles. The summed E-state index contributed by atoms with van der Waals surface area (Å²) in [5.41, 5.74) is 5.53. The lowest BCUT2D eigenvalue weighted by Crippen LogP contribution is -2.28. The van der Waals surface area contributed by atoms with Crippen LogP contribution in [0.25, 0.3) is 11.3 Å². The molecule has 4 rings (SSSR count). The first-order chi connectivity index (χ1) is 18.4. The van der Waals surface area contributed by atoms with Crippen LogP contribution >= 0.6 is 15.9 Å². The molecule has 1 heterocycles. The van der Waals surface area contributed by atoms with Crippen molar-refractivity contribution in [3.8, 4) is 11.3 Å². The SMILES string of the molecule is CC(C)(C)c1ccc(C(Cc2ccc(C(=O)NCCS(=O)(=O)O)cc2)c2cc(-c3ccc(Br)cc3)on2)cc1. The second-order valence-electron chi connectivity index (χ2n) is 10.5. The van der Waals surface area contributed by atoms with Crippen molar-refractivity contribution in [2.75, 3.05) is 12.3 Å². The van der Waals surface area contributed by atoms with Gasteiger partial charge in [0.2, 0.25) is 0 Å². The van der Waals surface area contributed by atoms with Crippen molar-refractivity contribution in [2.24, 2.45) is 0 Å². The maximum absolute atomic E-state index is 12.4. The molecule has 9 heteroatoms. The van der Waals surface area contributed by atoms with Crippen LogP contribution in [0.15, 0.2) is 87.9 Å². The van der Waals surface area contributed by atoms with Crippen LogP contribution in [-0.2, 0) is 22.0 Å². The van der Waals surface area contributed by atoms with Crippen LogP contribution in [0, 0.1) is 0 Å². The van der Waals surface area contributed by atoms with Crippen LogP contribution in [0.4, 0.5) is 0 Å². The highest BCUT2D eigenvalue weighted by Gasteiger charge is 2.22. The lowest BCUT2D eigenvalue weighted by Gasteiger charge is -2.21. The average molecular weight is 612 g/mol. The summed E-state index contributed by atoms with van der Waals surface area (Å²) < 4.78 is 37.3. The molecule has 39 heavy (non-hydrogen) atoms. The zero-order valence-electron chi connectivity index (χ0n) is 22.0. The summed E-state index contributed by atoms with van der Waals surface area (Å²) >= 11 is 3.46. The number of amides is 1. The predicted octanol–water partition coefficient (Wildman–Crippen LogP) is 6.39. The molecule has 204 valence electrons. The van der Waals surface area contributed by atoms with E-state index < -0.39 is 21.8 Å². The van der Waals surface area contributed by atoms with Crippen molar-refractivity contribution in [3.63, 3.8) is 0 Å². The third kappa shape index (κ3) is 7.88. The molecular formula is C30H31BrN2O5S. The third-order valence-electron chi connectivity index (χ3n) is 6.49. The van der Waals surface area contributed by atoms with Gasteiger partial charge in [0.1, 0.15) is 0 Å². The number of rotatable bonds is 9. The van der Waals surface area contributed by atoms with Gasteiger partial charge in [0, 0.05) is 34.1 Å². The predicted molar refractivity (Wildman–Crippen MR) is 156 cm³/mol. The second-order valence-corrected chi connectivity index (χ2v) is 13.0. The summed E-state index contributed by atoms with van der Waals surface area (Å²) in [4.78, 5) is 12.4. The van der Waals surface area contributed by atoms with E-state index in [4.69, 9.17) is 9.08 Å². The van der Waals surface area contributed by atoms with Crippen molar-refractivity contribution in [1.82, 2.24) is 10.5 Å². The van der Waals surface area contributed by atoms with Crippen LogP contribution in [0.2, 0.25) is 0 Å². The van der Waals surface area contributed by atoms with Crippen molar-refractivity contribution in [3.05, 3.63) is 111 Å². The van der Waals surface area contributed by atoms with Gasteiger partial charge in [0.05, 0.1) is 11.4 Å². The van der Waals surface area contributed by atoms with Crippen LogP contribution < -0.4 is 5.32 Å². The summed E-state index contributed by atoms with van der Waals surface area (Å²) in [5, 5.41) is 6.94. The Morgan fingerprint density at radius 3 is 2.23 bits per heavy atom. The molecule has 1 atom stereocenters. The number of hydrogen-bond donors (Lipinski definition) is 2. The zero-order valence-corrected chi connectivity index (χ0v) is 24.4. The minimum Gasteiger partial charge on any atom is -0.356 e. The number of benzene rings is 3. The van der Waals surface area contributed by atoms with E-state index in [0.29, 0.717) is 17.7 Å². The van der Waals surface area contributed by atoms with E-state index in [-0.39, 0.29) is 17.9 Å². The fourth-order valence-corrected chi connectivity index (χ4v) is 4.86. The molecule has 0 aliphatic heterocycles. The first kappa shape index (κ1) is 28.7. The number of nitrogens with zero attached hydrogens (tertiary/aromatic N) is 1. The topological polar surface area (TPSA) is 110 Å². The van der Waals surface area contributed by atoms with E-state index in [0.717, 1.165) is 26.9 Å². The molecule has 0 aliphatic rings. The van der Waals surface area contributed by atoms with E-state index in [9.17, 15) is 13.2 Å². The van der Waals surface area contributed by atoms with Crippen molar-refractivity contribution in [2.45, 2.75) is 38.5 Å². The number of nitrogens with one attached hydrogen (secondary N) is 1. The van der Waals surface area contributed by atoms with Gasteiger partial charge in [-0.2, -0.15) is 8.42 Å². The Balaban J connectivity index is 1.58. The van der Waals surface area contributed by atoms with Crippen molar-refractivity contribution >= 4 is 32.0 Å². The average Bonchev–Trinajstić information content (AvgIpc) is 3.37. The zero-order chi connectivity index (χ0) is 28.2. The van der Waals surface area contributed by atoms with Crippen LogP contribution in [-0.4, -0.2) is 36.3 Å². The smallest absolute Gasteiger partial charge is 0.266 e. The summed E-state index contributed by atoms with van der Waals surface area (Å²) in [6, 6.07) is 25.6. The molecule has 0 aliphatic carbocycles. The maximum atomic E-state index is 12.4. The molecule has 0 bridgehead atoms. The number of carbonyl (C=O) groups excluding carboxylic acids is 1. The Bertz CT molecular complexity index is 1520. The molecule has 0 spiro atoms. The summed E-state index contributed by atoms with van der Waals surface area (Å²) in [7, 11) is -4.13. The minimum absolute atomic E-state index is 0.0361. The van der Waals surface area contributed by atoms with E-state index >= 15 is 0 Å². The number of aromatic nitrogens is 1. The van der Waals surface area contributed by atoms with Gasteiger partial charge in [-0.05, 0) is 52.8 Å². The van der Waals surface area contributed by atoms with Crippen LogP contribution in [0.3, 0.4) is 0 Å². The molecule has 3 aromatic carbocycles. The summed E-state index contributed by atoms with van der Waals surface area (Å²) in [6.07, 6.45) is 0.631. The molecule has 1 unspecified atom stereocenters. The Kier molecular flexibility index (Phi) is 8.73. The first-order valence-electron chi connectivity index (χ1n) is 12.5. The van der Waals surface area contributed by atoms with Crippen LogP contribution in [0.1, 0.15) is 59.4 Å². The van der Waals surface area contributed by atoms with Gasteiger partial charge in [-0.3, -0.25) is 9.35 Å². The van der Waals surface area contributed by atoms with Gasteiger partial charge >= 0.3 is 0 Å². The quantitative estimate of drug-likeness (QED) is 0.212. The fourth-order valence-electron chi connectivity index (χ4n) is 4.24. The molecule has 0 fully saturated rings. The highest BCUT2D eigenvalue weighted by molar-refractivity contribution is 9.10. The van der Waals surface area contributed by atoms with E-state index in [2.05, 4.69) is 71.4 Å². The maximum Gasteiger partial charge on any atom is 0.266 e. The minimum atomic E-state index is -4.13. The Labute approximate surface area is 237 Å². The highest BCUT2D eigenvalue weighted by Crippen LogP contribution is 2.33. The number of carbonyl (C=O) groups is 1. The molecular weight excluding hydrogens is 580 g/mol. The van der Waals surface area contributed by atoms with Gasteiger partial charge in [0.15, 0.2) is 5.76 Å². The lowest BCUT2D eigenvalue weighted by atomic mass is 9.83. The summed E-state index contributed by atoms with van der Waals surface area (Å²) in [6.45, 7) is 6.38. The van der Waals surface area contributed by atoms with Gasteiger partial charge in [-0.1, -0.05) is 90.4 Å². The Morgan fingerprint density at radius 1 is 1.00 bits per heavy atom. The molecule has 0 radical (unpaired) electrons. The van der Waals surface area contributed by atoms with Crippen molar-refractivity contribution in [1.29, 1.82) is 0 Å². The molecule has 4 aromatic rings. The highest BCUT2D eigenvalue weighted by atomic mass is 79.9. The Hall–Kier alpha value is -3.27. The monoisotopic (exact) mass is 610 g/mol. The summed E-state index contributed by atoms with van der Waals surface area (Å²) in [5.74, 6) is -0.339. The van der Waals surface area contributed by atoms with Gasteiger partial charge in [-0.15, -0.1) is 0 Å². The van der Waals surface area contributed by atoms with E-state index in [1.807, 2.05) is 42.5 Å². The lowest BCUT2D eigenvalue weighted by molar-refractivity contribution is 0.0956. The van der Waals surface area contributed by atoms with Gasteiger partial charge < -0.3 is 9.84 Å².